The maximum Gasteiger partial charge on any atom is 0.111 e. The monoisotopic (exact) mass is 228 g/mol. The Kier molecular flexibility index (Phi) is 6.58. The molecular formula is C12H24N2O2. The SMILES string of the molecule is COCCC(C#N)(CCOC)NC(C)(C)C. The molecule has 4 heteroatoms. The molecule has 0 unspecified atom stereocenters. The van der Waals surface area contributed by atoms with Crippen LogP contribution in [0.3, 0.4) is 0 Å². The van der Waals surface area contributed by atoms with Crippen LogP contribution in [0, 0.1) is 11.3 Å². The number of methoxy groups -OCH3 is 2. The second-order valence-electron chi connectivity index (χ2n) is 5.05. The normalized spacial score (nSPS) is 12.5. The van der Waals surface area contributed by atoms with Crippen LogP contribution in [0.25, 0.3) is 0 Å². The smallest absolute Gasteiger partial charge is 0.111 e. The summed E-state index contributed by atoms with van der Waals surface area (Å²) in [6.45, 7) is 7.30. The quantitative estimate of drug-likeness (QED) is 0.720. The zero-order chi connectivity index (χ0) is 12.7. The van der Waals surface area contributed by atoms with Crippen molar-refractivity contribution in [2.45, 2.75) is 44.7 Å². The van der Waals surface area contributed by atoms with Crippen LogP contribution in [0.5, 0.6) is 0 Å². The molecule has 0 amide bonds. The highest BCUT2D eigenvalue weighted by Crippen LogP contribution is 2.19. The molecule has 0 radical (unpaired) electrons. The average molecular weight is 228 g/mol. The fraction of sp³-hybridized carbons (Fsp3) is 0.917. The number of rotatable bonds is 7. The van der Waals surface area contributed by atoms with Crippen molar-refractivity contribution in [2.75, 3.05) is 27.4 Å². The highest BCUT2D eigenvalue weighted by Gasteiger charge is 2.33. The predicted octanol–water partition coefficient (Wildman–Crippen LogP) is 1.71. The van der Waals surface area contributed by atoms with Crippen LogP contribution in [-0.2, 0) is 9.47 Å². The van der Waals surface area contributed by atoms with E-state index in [2.05, 4.69) is 32.2 Å². The topological polar surface area (TPSA) is 54.3 Å². The summed E-state index contributed by atoms with van der Waals surface area (Å²) in [6, 6.07) is 2.37. The van der Waals surface area contributed by atoms with Gasteiger partial charge in [-0.3, -0.25) is 5.32 Å². The fourth-order valence-electron chi connectivity index (χ4n) is 1.66. The molecule has 0 heterocycles. The third-order valence-corrected chi connectivity index (χ3v) is 2.29. The molecule has 0 aliphatic rings. The van der Waals surface area contributed by atoms with Crippen LogP contribution in [0.1, 0.15) is 33.6 Å². The van der Waals surface area contributed by atoms with Gasteiger partial charge >= 0.3 is 0 Å². The van der Waals surface area contributed by atoms with Crippen LogP contribution in [0.15, 0.2) is 0 Å². The molecule has 0 atom stereocenters. The molecule has 0 aliphatic heterocycles. The van der Waals surface area contributed by atoms with Crippen molar-refractivity contribution in [3.63, 3.8) is 0 Å². The van der Waals surface area contributed by atoms with Crippen molar-refractivity contribution in [1.29, 1.82) is 5.26 Å². The van der Waals surface area contributed by atoms with E-state index in [4.69, 9.17) is 9.47 Å². The van der Waals surface area contributed by atoms with Crippen LogP contribution in [0.4, 0.5) is 0 Å². The Morgan fingerprint density at radius 1 is 1.06 bits per heavy atom. The van der Waals surface area contributed by atoms with E-state index in [9.17, 15) is 5.26 Å². The number of nitriles is 1. The molecule has 0 rings (SSSR count). The Balaban J connectivity index is 4.61. The van der Waals surface area contributed by atoms with Gasteiger partial charge in [-0.25, -0.2) is 0 Å². The van der Waals surface area contributed by atoms with Crippen molar-refractivity contribution in [3.05, 3.63) is 0 Å². The Morgan fingerprint density at radius 2 is 1.50 bits per heavy atom. The largest absolute Gasteiger partial charge is 0.385 e. The molecule has 0 aliphatic carbocycles. The first-order chi connectivity index (χ1) is 7.39. The highest BCUT2D eigenvalue weighted by atomic mass is 16.5. The van der Waals surface area contributed by atoms with E-state index in [0.29, 0.717) is 26.1 Å². The van der Waals surface area contributed by atoms with E-state index in [1.54, 1.807) is 14.2 Å². The number of hydrogen-bond acceptors (Lipinski definition) is 4. The summed E-state index contributed by atoms with van der Waals surface area (Å²) >= 11 is 0. The molecule has 0 aromatic rings. The summed E-state index contributed by atoms with van der Waals surface area (Å²) in [4.78, 5) is 0. The Bertz CT molecular complexity index is 220. The lowest BCUT2D eigenvalue weighted by Crippen LogP contribution is -2.54. The lowest BCUT2D eigenvalue weighted by atomic mass is 9.90. The number of hydrogen-bond donors (Lipinski definition) is 1. The Morgan fingerprint density at radius 3 is 1.75 bits per heavy atom. The molecule has 1 N–H and O–H groups in total. The minimum absolute atomic E-state index is 0.1000. The molecule has 16 heavy (non-hydrogen) atoms. The van der Waals surface area contributed by atoms with Gasteiger partial charge in [-0.05, 0) is 20.8 Å². The first-order valence-electron chi connectivity index (χ1n) is 5.57. The summed E-state index contributed by atoms with van der Waals surface area (Å²) in [7, 11) is 3.30. The molecular weight excluding hydrogens is 204 g/mol. The van der Waals surface area contributed by atoms with E-state index in [-0.39, 0.29) is 5.54 Å². The van der Waals surface area contributed by atoms with Gasteiger partial charge in [0.1, 0.15) is 5.54 Å². The van der Waals surface area contributed by atoms with Crippen molar-refractivity contribution in [2.24, 2.45) is 0 Å². The molecule has 0 aromatic heterocycles. The third kappa shape index (κ3) is 6.06. The molecule has 0 spiro atoms. The lowest BCUT2D eigenvalue weighted by Gasteiger charge is -2.35. The van der Waals surface area contributed by atoms with E-state index in [1.165, 1.54) is 0 Å². The van der Waals surface area contributed by atoms with E-state index >= 15 is 0 Å². The van der Waals surface area contributed by atoms with Gasteiger partial charge < -0.3 is 9.47 Å². The predicted molar refractivity (Wildman–Crippen MR) is 64.2 cm³/mol. The van der Waals surface area contributed by atoms with E-state index < -0.39 is 5.54 Å². The second kappa shape index (κ2) is 6.85. The second-order valence-corrected chi connectivity index (χ2v) is 5.05. The minimum Gasteiger partial charge on any atom is -0.385 e. The first-order valence-corrected chi connectivity index (χ1v) is 5.57. The summed E-state index contributed by atoms with van der Waals surface area (Å²) in [5, 5.41) is 12.7. The number of ether oxygens (including phenoxy) is 2. The number of nitrogens with zero attached hydrogens (tertiary/aromatic N) is 1. The van der Waals surface area contributed by atoms with Crippen LogP contribution >= 0.6 is 0 Å². The molecule has 0 aromatic carbocycles. The van der Waals surface area contributed by atoms with Gasteiger partial charge in [-0.1, -0.05) is 0 Å². The summed E-state index contributed by atoms with van der Waals surface area (Å²) in [6.07, 6.45) is 1.33. The van der Waals surface area contributed by atoms with Gasteiger partial charge in [0.25, 0.3) is 0 Å². The molecule has 0 saturated heterocycles. The van der Waals surface area contributed by atoms with Gasteiger partial charge in [0.2, 0.25) is 0 Å². The van der Waals surface area contributed by atoms with Gasteiger partial charge in [0, 0.05) is 45.8 Å². The molecule has 0 saturated carbocycles. The van der Waals surface area contributed by atoms with E-state index in [0.717, 1.165) is 0 Å². The zero-order valence-electron chi connectivity index (χ0n) is 11.1. The summed E-state index contributed by atoms with van der Waals surface area (Å²) in [5.74, 6) is 0. The van der Waals surface area contributed by atoms with Gasteiger partial charge in [0.05, 0.1) is 6.07 Å². The van der Waals surface area contributed by atoms with Gasteiger partial charge in [-0.15, -0.1) is 0 Å². The maximum absolute atomic E-state index is 9.37. The Hall–Kier alpha value is -0.630. The van der Waals surface area contributed by atoms with Gasteiger partial charge in [0.15, 0.2) is 0 Å². The van der Waals surface area contributed by atoms with Crippen molar-refractivity contribution in [3.8, 4) is 6.07 Å². The maximum atomic E-state index is 9.37. The summed E-state index contributed by atoms with van der Waals surface area (Å²) in [5.41, 5.74) is -0.665. The lowest BCUT2D eigenvalue weighted by molar-refractivity contribution is 0.124. The third-order valence-electron chi connectivity index (χ3n) is 2.29. The summed E-state index contributed by atoms with van der Waals surface area (Å²) < 4.78 is 10.1. The van der Waals surface area contributed by atoms with Crippen molar-refractivity contribution < 1.29 is 9.47 Å². The molecule has 4 nitrogen and oxygen atoms in total. The number of nitrogens with one attached hydrogen (secondary N) is 1. The van der Waals surface area contributed by atoms with Crippen LogP contribution in [-0.4, -0.2) is 38.5 Å². The van der Waals surface area contributed by atoms with E-state index in [1.807, 2.05) is 0 Å². The molecule has 94 valence electrons. The van der Waals surface area contributed by atoms with Crippen molar-refractivity contribution >= 4 is 0 Å². The first kappa shape index (κ1) is 15.4. The van der Waals surface area contributed by atoms with Crippen LogP contribution < -0.4 is 5.32 Å². The fourth-order valence-corrected chi connectivity index (χ4v) is 1.66. The highest BCUT2D eigenvalue weighted by molar-refractivity contribution is 5.09. The van der Waals surface area contributed by atoms with Crippen molar-refractivity contribution in [1.82, 2.24) is 5.32 Å². The zero-order valence-corrected chi connectivity index (χ0v) is 11.1. The molecule has 0 bridgehead atoms. The van der Waals surface area contributed by atoms with Crippen LogP contribution in [0.2, 0.25) is 0 Å². The Labute approximate surface area is 98.9 Å². The molecule has 0 fully saturated rings. The minimum atomic E-state index is -0.565. The average Bonchev–Trinajstić information content (AvgIpc) is 2.20. The van der Waals surface area contributed by atoms with Gasteiger partial charge in [-0.2, -0.15) is 5.26 Å². The standard InChI is InChI=1S/C12H24N2O2/c1-11(2,3)14-12(10-13,6-8-15-4)7-9-16-5/h14H,6-9H2,1-5H3.